The van der Waals surface area contributed by atoms with Gasteiger partial charge >= 0.3 is 0 Å². The molecular weight excluding hydrogens is 306 g/mol. The second-order valence-electron chi connectivity index (χ2n) is 5.06. The Morgan fingerprint density at radius 2 is 1.70 bits per heavy atom. The minimum atomic E-state index is 0.238. The number of benzene rings is 2. The third kappa shape index (κ3) is 2.74. The van der Waals surface area contributed by atoms with Gasteiger partial charge < -0.3 is 10.4 Å². The minimum absolute atomic E-state index is 0.238. The standard InChI is InChI=1S/C18H13N3OS/c22-13-9-7-12(8-10-13)19-17-14-4-1-2-5-15(14)20-18(21-17)16-6-3-11-23-16/h1-11,22H,(H,19,20,21). The van der Waals surface area contributed by atoms with Crippen molar-refractivity contribution in [1.82, 2.24) is 9.97 Å². The Morgan fingerprint density at radius 3 is 2.48 bits per heavy atom. The van der Waals surface area contributed by atoms with Crippen LogP contribution in [-0.4, -0.2) is 15.1 Å². The highest BCUT2D eigenvalue weighted by molar-refractivity contribution is 7.13. The molecule has 2 aromatic carbocycles. The van der Waals surface area contributed by atoms with Crippen LogP contribution in [0.5, 0.6) is 5.75 Å². The molecule has 4 aromatic rings. The van der Waals surface area contributed by atoms with Crippen LogP contribution in [0.1, 0.15) is 0 Å². The van der Waals surface area contributed by atoms with E-state index in [4.69, 9.17) is 0 Å². The van der Waals surface area contributed by atoms with Gasteiger partial charge in [0, 0.05) is 11.1 Å². The molecule has 0 saturated carbocycles. The predicted molar refractivity (Wildman–Crippen MR) is 94.2 cm³/mol. The van der Waals surface area contributed by atoms with Gasteiger partial charge in [-0.15, -0.1) is 11.3 Å². The van der Waals surface area contributed by atoms with Crippen molar-refractivity contribution >= 4 is 33.7 Å². The van der Waals surface area contributed by atoms with E-state index in [0.717, 1.165) is 27.3 Å². The molecule has 2 heterocycles. The molecule has 0 unspecified atom stereocenters. The van der Waals surface area contributed by atoms with E-state index in [1.54, 1.807) is 23.5 Å². The van der Waals surface area contributed by atoms with E-state index < -0.39 is 0 Å². The molecule has 4 nitrogen and oxygen atoms in total. The molecule has 0 bridgehead atoms. The number of aromatic hydroxyl groups is 1. The number of thiophene rings is 1. The SMILES string of the molecule is Oc1ccc(Nc2nc(-c3cccs3)nc3ccccc23)cc1. The van der Waals surface area contributed by atoms with E-state index in [9.17, 15) is 5.11 Å². The molecule has 5 heteroatoms. The van der Waals surface area contributed by atoms with E-state index in [1.807, 2.05) is 53.9 Å². The van der Waals surface area contributed by atoms with E-state index in [-0.39, 0.29) is 5.75 Å². The minimum Gasteiger partial charge on any atom is -0.508 e. The quantitative estimate of drug-likeness (QED) is 0.532. The van der Waals surface area contributed by atoms with Crippen molar-refractivity contribution < 1.29 is 5.11 Å². The van der Waals surface area contributed by atoms with E-state index >= 15 is 0 Å². The number of phenolic OH excluding ortho intramolecular Hbond substituents is 1. The summed E-state index contributed by atoms with van der Waals surface area (Å²) in [6, 6.07) is 18.8. The van der Waals surface area contributed by atoms with Crippen LogP contribution < -0.4 is 5.32 Å². The molecule has 0 fully saturated rings. The summed E-state index contributed by atoms with van der Waals surface area (Å²) in [6.45, 7) is 0. The number of rotatable bonds is 3. The lowest BCUT2D eigenvalue weighted by molar-refractivity contribution is 0.475. The maximum atomic E-state index is 9.41. The summed E-state index contributed by atoms with van der Waals surface area (Å²) in [6.07, 6.45) is 0. The number of hydrogen-bond acceptors (Lipinski definition) is 5. The van der Waals surface area contributed by atoms with Gasteiger partial charge in [-0.05, 0) is 47.8 Å². The number of nitrogens with one attached hydrogen (secondary N) is 1. The van der Waals surface area contributed by atoms with Gasteiger partial charge in [-0.25, -0.2) is 9.97 Å². The first-order valence-corrected chi connectivity index (χ1v) is 8.04. The number of anilines is 2. The van der Waals surface area contributed by atoms with Crippen molar-refractivity contribution in [2.45, 2.75) is 0 Å². The fourth-order valence-corrected chi connectivity index (χ4v) is 3.03. The molecule has 0 aliphatic heterocycles. The third-order valence-electron chi connectivity index (χ3n) is 3.47. The predicted octanol–water partition coefficient (Wildman–Crippen LogP) is 4.81. The molecule has 0 aliphatic carbocycles. The summed E-state index contributed by atoms with van der Waals surface area (Å²) >= 11 is 1.62. The zero-order valence-electron chi connectivity index (χ0n) is 12.1. The monoisotopic (exact) mass is 319 g/mol. The molecule has 2 aromatic heterocycles. The largest absolute Gasteiger partial charge is 0.508 e. The highest BCUT2D eigenvalue weighted by atomic mass is 32.1. The summed E-state index contributed by atoms with van der Waals surface area (Å²) in [5.74, 6) is 1.70. The summed E-state index contributed by atoms with van der Waals surface area (Å²) in [5, 5.41) is 15.7. The Bertz CT molecular complexity index is 950. The molecule has 0 saturated heterocycles. The lowest BCUT2D eigenvalue weighted by atomic mass is 10.2. The van der Waals surface area contributed by atoms with Crippen LogP contribution in [0.25, 0.3) is 21.6 Å². The maximum Gasteiger partial charge on any atom is 0.172 e. The molecule has 0 radical (unpaired) electrons. The zero-order valence-corrected chi connectivity index (χ0v) is 12.9. The second kappa shape index (κ2) is 5.70. The Morgan fingerprint density at radius 1 is 0.870 bits per heavy atom. The van der Waals surface area contributed by atoms with Crippen molar-refractivity contribution in [3.8, 4) is 16.5 Å². The van der Waals surface area contributed by atoms with Crippen LogP contribution in [0.3, 0.4) is 0 Å². The maximum absolute atomic E-state index is 9.41. The molecule has 4 rings (SSSR count). The summed E-state index contributed by atoms with van der Waals surface area (Å²) in [5.41, 5.74) is 1.76. The molecule has 112 valence electrons. The van der Waals surface area contributed by atoms with Gasteiger partial charge in [0.1, 0.15) is 11.6 Å². The van der Waals surface area contributed by atoms with Crippen LogP contribution >= 0.6 is 11.3 Å². The number of fused-ring (bicyclic) bond motifs is 1. The van der Waals surface area contributed by atoms with Gasteiger partial charge in [0.25, 0.3) is 0 Å². The van der Waals surface area contributed by atoms with Crippen LogP contribution in [0.15, 0.2) is 66.0 Å². The van der Waals surface area contributed by atoms with Gasteiger partial charge in [0.15, 0.2) is 5.82 Å². The van der Waals surface area contributed by atoms with Gasteiger partial charge in [0.2, 0.25) is 0 Å². The van der Waals surface area contributed by atoms with E-state index in [1.165, 1.54) is 0 Å². The molecule has 2 N–H and O–H groups in total. The Labute approximate surface area is 137 Å². The van der Waals surface area contributed by atoms with Gasteiger partial charge in [-0.1, -0.05) is 18.2 Å². The normalized spacial score (nSPS) is 10.8. The van der Waals surface area contributed by atoms with E-state index in [2.05, 4.69) is 15.3 Å². The van der Waals surface area contributed by atoms with Crippen molar-refractivity contribution in [2.24, 2.45) is 0 Å². The van der Waals surface area contributed by atoms with Gasteiger partial charge in [-0.2, -0.15) is 0 Å². The topological polar surface area (TPSA) is 58.0 Å². The van der Waals surface area contributed by atoms with Crippen LogP contribution in [-0.2, 0) is 0 Å². The summed E-state index contributed by atoms with van der Waals surface area (Å²) < 4.78 is 0. The third-order valence-corrected chi connectivity index (χ3v) is 4.34. The molecular formula is C18H13N3OS. The highest BCUT2D eigenvalue weighted by Crippen LogP contribution is 2.29. The van der Waals surface area contributed by atoms with Crippen LogP contribution in [0.2, 0.25) is 0 Å². The fourth-order valence-electron chi connectivity index (χ4n) is 2.37. The number of phenols is 1. The lowest BCUT2D eigenvalue weighted by Crippen LogP contribution is -1.98. The zero-order chi connectivity index (χ0) is 15.6. The first kappa shape index (κ1) is 13.7. The lowest BCUT2D eigenvalue weighted by Gasteiger charge is -2.10. The summed E-state index contributed by atoms with van der Waals surface area (Å²) in [4.78, 5) is 10.4. The number of nitrogens with zero attached hydrogens (tertiary/aromatic N) is 2. The Hall–Kier alpha value is -2.92. The Balaban J connectivity index is 1.84. The van der Waals surface area contributed by atoms with Gasteiger partial charge in [-0.3, -0.25) is 0 Å². The molecule has 0 spiro atoms. The van der Waals surface area contributed by atoms with Crippen LogP contribution in [0.4, 0.5) is 11.5 Å². The smallest absolute Gasteiger partial charge is 0.172 e. The van der Waals surface area contributed by atoms with Crippen molar-refractivity contribution in [2.75, 3.05) is 5.32 Å². The Kier molecular flexibility index (Phi) is 3.40. The van der Waals surface area contributed by atoms with E-state index in [0.29, 0.717) is 5.82 Å². The van der Waals surface area contributed by atoms with Gasteiger partial charge in [0.05, 0.1) is 10.4 Å². The second-order valence-corrected chi connectivity index (χ2v) is 6.01. The van der Waals surface area contributed by atoms with Crippen molar-refractivity contribution in [3.05, 3.63) is 66.0 Å². The molecule has 0 amide bonds. The van der Waals surface area contributed by atoms with Crippen LogP contribution in [0, 0.1) is 0 Å². The number of hydrogen-bond donors (Lipinski definition) is 2. The summed E-state index contributed by atoms with van der Waals surface area (Å²) in [7, 11) is 0. The first-order chi connectivity index (χ1) is 11.3. The number of aromatic nitrogens is 2. The van der Waals surface area contributed by atoms with Crippen molar-refractivity contribution in [1.29, 1.82) is 0 Å². The fraction of sp³-hybridized carbons (Fsp3) is 0. The highest BCUT2D eigenvalue weighted by Gasteiger charge is 2.10. The molecule has 23 heavy (non-hydrogen) atoms. The molecule has 0 aliphatic rings. The average molecular weight is 319 g/mol. The van der Waals surface area contributed by atoms with Crippen molar-refractivity contribution in [3.63, 3.8) is 0 Å². The average Bonchev–Trinajstić information content (AvgIpc) is 3.11. The molecule has 0 atom stereocenters. The first-order valence-electron chi connectivity index (χ1n) is 7.16. The number of para-hydroxylation sites is 1.